The molecule has 1 heterocycles. The number of H-pyrrole nitrogens is 1. The van der Waals surface area contributed by atoms with E-state index in [2.05, 4.69) is 15.5 Å². The summed E-state index contributed by atoms with van der Waals surface area (Å²) in [7, 11) is 0. The summed E-state index contributed by atoms with van der Waals surface area (Å²) in [6, 6.07) is 6.35. The number of amides is 1. The lowest BCUT2D eigenvalue weighted by molar-refractivity contribution is 0.0952. The second-order valence-electron chi connectivity index (χ2n) is 4.63. The third-order valence-electron chi connectivity index (χ3n) is 3.11. The predicted octanol–water partition coefficient (Wildman–Crippen LogP) is 2.49. The highest BCUT2D eigenvalue weighted by Gasteiger charge is 2.11. The summed E-state index contributed by atoms with van der Waals surface area (Å²) in [5.41, 5.74) is 6.43. The van der Waals surface area contributed by atoms with Crippen molar-refractivity contribution in [3.63, 3.8) is 0 Å². The van der Waals surface area contributed by atoms with Crippen LogP contribution in [0.3, 0.4) is 0 Å². The molecule has 2 aromatic rings. The Balaban J connectivity index is 2.18. The van der Waals surface area contributed by atoms with Crippen LogP contribution in [-0.2, 0) is 0 Å². The molecule has 2 rings (SSSR count). The lowest BCUT2D eigenvalue weighted by Crippen LogP contribution is -2.19. The normalized spacial score (nSPS) is 11.4. The van der Waals surface area contributed by atoms with Gasteiger partial charge in [-0.25, -0.2) is 5.43 Å². The number of hydrogen-bond acceptors (Lipinski definition) is 3. The molecule has 0 aliphatic rings. The van der Waals surface area contributed by atoms with Crippen molar-refractivity contribution in [2.45, 2.75) is 20.8 Å². The van der Waals surface area contributed by atoms with Crippen molar-refractivity contribution in [2.24, 2.45) is 5.10 Å². The van der Waals surface area contributed by atoms with Gasteiger partial charge in [0.05, 0.1) is 11.3 Å². The van der Waals surface area contributed by atoms with Crippen molar-refractivity contribution in [1.82, 2.24) is 10.4 Å². The molecule has 1 aromatic carbocycles. The zero-order valence-electron chi connectivity index (χ0n) is 11.7. The van der Waals surface area contributed by atoms with E-state index in [0.29, 0.717) is 5.71 Å². The number of hydrogen-bond donors (Lipinski definition) is 3. The number of aromatic hydroxyl groups is 1. The summed E-state index contributed by atoms with van der Waals surface area (Å²) in [6.07, 6.45) is 1.90. The van der Waals surface area contributed by atoms with E-state index >= 15 is 0 Å². The van der Waals surface area contributed by atoms with E-state index in [1.165, 1.54) is 6.07 Å². The zero-order chi connectivity index (χ0) is 14.7. The summed E-state index contributed by atoms with van der Waals surface area (Å²) in [5.74, 6) is -0.500. The number of benzene rings is 1. The van der Waals surface area contributed by atoms with Crippen molar-refractivity contribution in [3.05, 3.63) is 52.8 Å². The molecule has 5 nitrogen and oxygen atoms in total. The van der Waals surface area contributed by atoms with E-state index in [1.807, 2.05) is 27.0 Å². The van der Waals surface area contributed by atoms with Crippen molar-refractivity contribution in [2.75, 3.05) is 0 Å². The number of carbonyl (C=O) groups is 1. The summed E-state index contributed by atoms with van der Waals surface area (Å²) < 4.78 is 0. The van der Waals surface area contributed by atoms with Crippen molar-refractivity contribution in [3.8, 4) is 5.75 Å². The van der Waals surface area contributed by atoms with Crippen LogP contribution < -0.4 is 5.43 Å². The van der Waals surface area contributed by atoms with Gasteiger partial charge in [-0.15, -0.1) is 0 Å². The van der Waals surface area contributed by atoms with E-state index in [9.17, 15) is 9.90 Å². The van der Waals surface area contributed by atoms with Crippen LogP contribution in [0.4, 0.5) is 0 Å². The molecule has 104 valence electrons. The minimum Gasteiger partial charge on any atom is -0.507 e. The Hall–Kier alpha value is -2.56. The second-order valence-corrected chi connectivity index (χ2v) is 4.63. The van der Waals surface area contributed by atoms with Crippen molar-refractivity contribution < 1.29 is 9.90 Å². The Morgan fingerprint density at radius 3 is 2.60 bits per heavy atom. The summed E-state index contributed by atoms with van der Waals surface area (Å²) in [5, 5.41) is 13.7. The van der Waals surface area contributed by atoms with Gasteiger partial charge in [-0.05, 0) is 38.5 Å². The molecule has 0 atom stereocenters. The van der Waals surface area contributed by atoms with Crippen molar-refractivity contribution >= 4 is 11.6 Å². The van der Waals surface area contributed by atoms with Crippen LogP contribution in [0.2, 0.25) is 0 Å². The maximum Gasteiger partial charge on any atom is 0.275 e. The summed E-state index contributed by atoms with van der Waals surface area (Å²) >= 11 is 0. The molecular weight excluding hydrogens is 254 g/mol. The molecule has 1 amide bonds. The number of hydrazone groups is 1. The van der Waals surface area contributed by atoms with Crippen LogP contribution in [0.1, 0.15) is 34.1 Å². The molecular formula is C15H17N3O2. The van der Waals surface area contributed by atoms with Gasteiger partial charge in [-0.3, -0.25) is 4.79 Å². The average molecular weight is 271 g/mol. The molecule has 3 N–H and O–H groups in total. The van der Waals surface area contributed by atoms with Gasteiger partial charge in [0.15, 0.2) is 0 Å². The molecule has 0 saturated heterocycles. The third kappa shape index (κ3) is 2.71. The van der Waals surface area contributed by atoms with Crippen LogP contribution in [0.5, 0.6) is 5.75 Å². The minimum absolute atomic E-state index is 0.0631. The molecule has 20 heavy (non-hydrogen) atoms. The first-order valence-electron chi connectivity index (χ1n) is 6.28. The van der Waals surface area contributed by atoms with E-state index in [0.717, 1.165) is 16.8 Å². The number of carbonyl (C=O) groups excluding carboxylic acids is 1. The molecule has 0 aliphatic heterocycles. The lowest BCUT2D eigenvalue weighted by Gasteiger charge is -2.05. The van der Waals surface area contributed by atoms with Gasteiger partial charge >= 0.3 is 0 Å². The van der Waals surface area contributed by atoms with Crippen LogP contribution in [-0.4, -0.2) is 21.7 Å². The second kappa shape index (κ2) is 5.61. The first kappa shape index (κ1) is 13.9. The Morgan fingerprint density at radius 2 is 2.00 bits per heavy atom. The van der Waals surface area contributed by atoms with E-state index < -0.39 is 5.91 Å². The zero-order valence-corrected chi connectivity index (χ0v) is 11.7. The first-order valence-corrected chi connectivity index (χ1v) is 6.28. The van der Waals surface area contributed by atoms with Crippen molar-refractivity contribution in [1.29, 1.82) is 0 Å². The van der Waals surface area contributed by atoms with Gasteiger partial charge in [0.2, 0.25) is 0 Å². The molecule has 0 saturated carbocycles. The number of aryl methyl sites for hydroxylation is 2. The third-order valence-corrected chi connectivity index (χ3v) is 3.11. The quantitative estimate of drug-likeness (QED) is 0.592. The summed E-state index contributed by atoms with van der Waals surface area (Å²) in [4.78, 5) is 15.0. The van der Waals surface area contributed by atoms with Gasteiger partial charge < -0.3 is 10.1 Å². The molecule has 0 spiro atoms. The number of aromatic amines is 1. The van der Waals surface area contributed by atoms with Gasteiger partial charge in [0.25, 0.3) is 5.91 Å². The Labute approximate surface area is 117 Å². The molecule has 0 fully saturated rings. The monoisotopic (exact) mass is 271 g/mol. The maximum absolute atomic E-state index is 11.9. The van der Waals surface area contributed by atoms with Gasteiger partial charge in [-0.1, -0.05) is 12.1 Å². The SMILES string of the molecule is C/C(=N\NC(=O)c1ccccc1O)c1c(C)c[nH]c1C. The number of aromatic nitrogens is 1. The van der Waals surface area contributed by atoms with Crippen LogP contribution in [0, 0.1) is 13.8 Å². The van der Waals surface area contributed by atoms with E-state index in [1.54, 1.807) is 18.2 Å². The Morgan fingerprint density at radius 1 is 1.30 bits per heavy atom. The van der Waals surface area contributed by atoms with Crippen LogP contribution in [0.15, 0.2) is 35.6 Å². The molecule has 0 bridgehead atoms. The largest absolute Gasteiger partial charge is 0.507 e. The highest BCUT2D eigenvalue weighted by atomic mass is 16.3. The highest BCUT2D eigenvalue weighted by Crippen LogP contribution is 2.16. The first-order chi connectivity index (χ1) is 9.50. The lowest BCUT2D eigenvalue weighted by atomic mass is 10.1. The van der Waals surface area contributed by atoms with Gasteiger partial charge in [-0.2, -0.15) is 5.10 Å². The topological polar surface area (TPSA) is 77.5 Å². The molecule has 1 aromatic heterocycles. The van der Waals surface area contributed by atoms with E-state index in [4.69, 9.17) is 0 Å². The fraction of sp³-hybridized carbons (Fsp3) is 0.200. The maximum atomic E-state index is 11.9. The number of nitrogens with one attached hydrogen (secondary N) is 2. The number of nitrogens with zero attached hydrogens (tertiary/aromatic N) is 1. The molecule has 0 radical (unpaired) electrons. The standard InChI is InChI=1S/C15H17N3O2/c1-9-8-16-10(2)14(9)11(3)17-18-15(20)12-6-4-5-7-13(12)19/h4-8,16,19H,1-3H3,(H,18,20)/b17-11+. The highest BCUT2D eigenvalue weighted by molar-refractivity contribution is 6.03. The minimum atomic E-state index is -0.437. The van der Waals surface area contributed by atoms with Gasteiger partial charge in [0, 0.05) is 17.5 Å². The number of phenolic OH excluding ortho intramolecular Hbond substituents is 1. The van der Waals surface area contributed by atoms with Crippen LogP contribution >= 0.6 is 0 Å². The summed E-state index contributed by atoms with van der Waals surface area (Å²) in [6.45, 7) is 5.75. The fourth-order valence-electron chi connectivity index (χ4n) is 2.13. The Bertz CT molecular complexity index is 652. The van der Waals surface area contributed by atoms with Crippen LogP contribution in [0.25, 0.3) is 0 Å². The average Bonchev–Trinajstić information content (AvgIpc) is 2.76. The van der Waals surface area contributed by atoms with E-state index in [-0.39, 0.29) is 11.3 Å². The number of rotatable bonds is 3. The number of phenols is 1. The number of para-hydroxylation sites is 1. The van der Waals surface area contributed by atoms with Gasteiger partial charge in [0.1, 0.15) is 5.75 Å². The Kier molecular flexibility index (Phi) is 3.89. The fourth-order valence-corrected chi connectivity index (χ4v) is 2.13. The smallest absolute Gasteiger partial charge is 0.275 e. The molecule has 0 unspecified atom stereocenters. The molecule has 0 aliphatic carbocycles. The predicted molar refractivity (Wildman–Crippen MR) is 78.1 cm³/mol. The molecule has 5 heteroatoms.